The van der Waals surface area contributed by atoms with Crippen LogP contribution in [-0.4, -0.2) is 18.6 Å². The van der Waals surface area contributed by atoms with E-state index in [1.54, 1.807) is 13.0 Å². The lowest BCUT2D eigenvalue weighted by atomic mass is 10.2. The van der Waals surface area contributed by atoms with Crippen LogP contribution < -0.4 is 15.8 Å². The molecule has 0 aromatic heterocycles. The summed E-state index contributed by atoms with van der Waals surface area (Å²) in [6, 6.07) is 6.82. The molecule has 0 saturated carbocycles. The highest BCUT2D eigenvalue weighted by atomic mass is 35.5. The van der Waals surface area contributed by atoms with Crippen molar-refractivity contribution in [2.45, 2.75) is 26.8 Å². The highest BCUT2D eigenvalue weighted by Gasteiger charge is 2.11. The zero-order chi connectivity index (χ0) is 12.8. The summed E-state index contributed by atoms with van der Waals surface area (Å²) in [6.07, 6.45) is 0. The minimum atomic E-state index is -0.534. The molecular formula is C13H21ClN2O2. The number of nitrogens with one attached hydrogen (secondary N) is 1. The van der Waals surface area contributed by atoms with Crippen molar-refractivity contribution in [3.8, 4) is 5.75 Å². The number of nitrogens with two attached hydrogens (primary N) is 1. The first-order valence-electron chi connectivity index (χ1n) is 5.79. The zero-order valence-corrected chi connectivity index (χ0v) is 11.8. The van der Waals surface area contributed by atoms with Crippen LogP contribution in [0.25, 0.3) is 0 Å². The molecule has 1 rings (SSSR count). The molecule has 0 fully saturated rings. The minimum Gasteiger partial charge on any atom is -0.491 e. The molecule has 5 heteroatoms. The number of carbonyl (C=O) groups excluding carboxylic acids is 1. The fourth-order valence-corrected chi connectivity index (χ4v) is 1.20. The molecule has 0 aliphatic carbocycles. The quantitative estimate of drug-likeness (QED) is 0.865. The van der Waals surface area contributed by atoms with Crippen molar-refractivity contribution in [3.05, 3.63) is 24.3 Å². The van der Waals surface area contributed by atoms with Gasteiger partial charge in [0.05, 0.1) is 18.3 Å². The molecule has 0 saturated heterocycles. The van der Waals surface area contributed by atoms with Gasteiger partial charge in [-0.1, -0.05) is 26.0 Å². The maximum absolute atomic E-state index is 11.5. The Labute approximate surface area is 114 Å². The first kappa shape index (κ1) is 16.7. The van der Waals surface area contributed by atoms with Crippen molar-refractivity contribution in [2.75, 3.05) is 11.9 Å². The molecule has 3 N–H and O–H groups in total. The summed E-state index contributed by atoms with van der Waals surface area (Å²) in [4.78, 5) is 11.5. The van der Waals surface area contributed by atoms with E-state index in [1.807, 2.05) is 18.2 Å². The molecule has 0 heterocycles. The Morgan fingerprint density at radius 2 is 1.94 bits per heavy atom. The van der Waals surface area contributed by atoms with Crippen LogP contribution in [0.15, 0.2) is 24.3 Å². The van der Waals surface area contributed by atoms with E-state index in [0.29, 0.717) is 24.0 Å². The van der Waals surface area contributed by atoms with E-state index in [1.165, 1.54) is 0 Å². The van der Waals surface area contributed by atoms with E-state index < -0.39 is 6.04 Å². The van der Waals surface area contributed by atoms with Crippen LogP contribution in [0.1, 0.15) is 20.8 Å². The van der Waals surface area contributed by atoms with E-state index >= 15 is 0 Å². The van der Waals surface area contributed by atoms with E-state index in [-0.39, 0.29) is 18.3 Å². The van der Waals surface area contributed by atoms with Crippen molar-refractivity contribution in [1.82, 2.24) is 0 Å². The monoisotopic (exact) mass is 272 g/mol. The maximum atomic E-state index is 11.5. The van der Waals surface area contributed by atoms with Crippen LogP contribution in [-0.2, 0) is 4.79 Å². The molecule has 102 valence electrons. The highest BCUT2D eigenvalue weighted by molar-refractivity contribution is 5.95. The van der Waals surface area contributed by atoms with Crippen LogP contribution in [0.3, 0.4) is 0 Å². The van der Waals surface area contributed by atoms with Gasteiger partial charge in [-0.2, -0.15) is 0 Å². The van der Waals surface area contributed by atoms with Crippen LogP contribution in [0.2, 0.25) is 0 Å². The summed E-state index contributed by atoms with van der Waals surface area (Å²) < 4.78 is 5.62. The average molecular weight is 273 g/mol. The van der Waals surface area contributed by atoms with Crippen LogP contribution >= 0.6 is 12.4 Å². The van der Waals surface area contributed by atoms with Gasteiger partial charge in [0.15, 0.2) is 0 Å². The Hall–Kier alpha value is -1.26. The number of halogens is 1. The van der Waals surface area contributed by atoms with Crippen LogP contribution in [0.4, 0.5) is 5.69 Å². The molecule has 4 nitrogen and oxygen atoms in total. The first-order valence-corrected chi connectivity index (χ1v) is 5.79. The van der Waals surface area contributed by atoms with Crippen molar-refractivity contribution in [2.24, 2.45) is 11.7 Å². The minimum absolute atomic E-state index is 0. The van der Waals surface area contributed by atoms with Crippen molar-refractivity contribution < 1.29 is 9.53 Å². The number of hydrogen-bond acceptors (Lipinski definition) is 3. The number of anilines is 1. The van der Waals surface area contributed by atoms with Gasteiger partial charge in [0.2, 0.25) is 5.91 Å². The molecule has 0 radical (unpaired) electrons. The van der Waals surface area contributed by atoms with Gasteiger partial charge in [0, 0.05) is 0 Å². The predicted octanol–water partition coefficient (Wildman–Crippen LogP) is 2.43. The molecule has 0 bridgehead atoms. The zero-order valence-electron chi connectivity index (χ0n) is 11.0. The number of rotatable bonds is 5. The molecule has 1 aromatic rings. The van der Waals surface area contributed by atoms with Gasteiger partial charge in [0.1, 0.15) is 5.75 Å². The lowest BCUT2D eigenvalue weighted by Crippen LogP contribution is -2.32. The lowest BCUT2D eigenvalue weighted by molar-refractivity contribution is -0.117. The number of carbonyl (C=O) groups is 1. The number of para-hydroxylation sites is 2. The number of benzene rings is 1. The van der Waals surface area contributed by atoms with Gasteiger partial charge < -0.3 is 15.8 Å². The summed E-state index contributed by atoms with van der Waals surface area (Å²) in [5, 5.41) is 2.74. The largest absolute Gasteiger partial charge is 0.491 e. The number of hydrogen-bond donors (Lipinski definition) is 2. The van der Waals surface area contributed by atoms with Crippen molar-refractivity contribution in [1.29, 1.82) is 0 Å². The van der Waals surface area contributed by atoms with Gasteiger partial charge in [-0.3, -0.25) is 4.79 Å². The average Bonchev–Trinajstić information content (AvgIpc) is 2.27. The number of ether oxygens (including phenoxy) is 1. The number of amides is 1. The Morgan fingerprint density at radius 1 is 1.33 bits per heavy atom. The van der Waals surface area contributed by atoms with E-state index in [2.05, 4.69) is 19.2 Å². The van der Waals surface area contributed by atoms with Crippen LogP contribution in [0, 0.1) is 5.92 Å². The third kappa shape index (κ3) is 5.38. The normalized spacial score (nSPS) is 11.6. The van der Waals surface area contributed by atoms with Gasteiger partial charge in [0.25, 0.3) is 0 Å². The molecule has 1 unspecified atom stereocenters. The van der Waals surface area contributed by atoms with Gasteiger partial charge in [-0.25, -0.2) is 0 Å². The third-order valence-electron chi connectivity index (χ3n) is 2.13. The third-order valence-corrected chi connectivity index (χ3v) is 2.13. The summed E-state index contributed by atoms with van der Waals surface area (Å²) in [5.41, 5.74) is 6.17. The molecule has 1 atom stereocenters. The fourth-order valence-electron chi connectivity index (χ4n) is 1.20. The fraction of sp³-hybridized carbons (Fsp3) is 0.462. The Balaban J connectivity index is 0.00000289. The smallest absolute Gasteiger partial charge is 0.241 e. The molecule has 0 aliphatic rings. The van der Waals surface area contributed by atoms with Crippen LogP contribution in [0.5, 0.6) is 5.75 Å². The Bertz CT molecular complexity index is 381. The van der Waals surface area contributed by atoms with E-state index in [0.717, 1.165) is 0 Å². The van der Waals surface area contributed by atoms with Crippen molar-refractivity contribution >= 4 is 24.0 Å². The van der Waals surface area contributed by atoms with Crippen molar-refractivity contribution in [3.63, 3.8) is 0 Å². The molecule has 0 spiro atoms. The maximum Gasteiger partial charge on any atom is 0.241 e. The summed E-state index contributed by atoms with van der Waals surface area (Å²) in [5.74, 6) is 0.896. The molecular weight excluding hydrogens is 252 g/mol. The van der Waals surface area contributed by atoms with Gasteiger partial charge >= 0.3 is 0 Å². The highest BCUT2D eigenvalue weighted by Crippen LogP contribution is 2.24. The Morgan fingerprint density at radius 3 is 2.50 bits per heavy atom. The first-order chi connectivity index (χ1) is 8.00. The second-order valence-electron chi connectivity index (χ2n) is 4.48. The van der Waals surface area contributed by atoms with Gasteiger partial charge in [-0.05, 0) is 25.0 Å². The Kier molecular flexibility index (Phi) is 7.39. The SMILES string of the molecule is CC(C)COc1ccccc1NC(=O)C(C)N.Cl. The summed E-state index contributed by atoms with van der Waals surface area (Å²) in [7, 11) is 0. The molecule has 18 heavy (non-hydrogen) atoms. The van der Waals surface area contributed by atoms with Gasteiger partial charge in [-0.15, -0.1) is 12.4 Å². The second kappa shape index (κ2) is 7.95. The van der Waals surface area contributed by atoms with E-state index in [4.69, 9.17) is 10.5 Å². The molecule has 0 aliphatic heterocycles. The molecule has 1 aromatic carbocycles. The second-order valence-corrected chi connectivity index (χ2v) is 4.48. The van der Waals surface area contributed by atoms with E-state index in [9.17, 15) is 4.79 Å². The predicted molar refractivity (Wildman–Crippen MR) is 76.3 cm³/mol. The summed E-state index contributed by atoms with van der Waals surface area (Å²) >= 11 is 0. The molecule has 1 amide bonds. The summed E-state index contributed by atoms with van der Waals surface area (Å²) in [6.45, 7) is 6.41. The lowest BCUT2D eigenvalue weighted by Gasteiger charge is -2.14. The standard InChI is InChI=1S/C13H20N2O2.ClH/c1-9(2)8-17-12-7-5-4-6-11(12)15-13(16)10(3)14;/h4-7,9-10H,8,14H2,1-3H3,(H,15,16);1H. The topological polar surface area (TPSA) is 64.3 Å².